The van der Waals surface area contributed by atoms with Crippen molar-refractivity contribution in [2.75, 3.05) is 33.4 Å². The number of benzene rings is 1. The van der Waals surface area contributed by atoms with E-state index in [1.54, 1.807) is 6.07 Å². The highest BCUT2D eigenvalue weighted by atomic mass is 79.9. The van der Waals surface area contributed by atoms with Crippen molar-refractivity contribution in [3.63, 3.8) is 0 Å². The summed E-state index contributed by atoms with van der Waals surface area (Å²) in [5, 5.41) is 0. The minimum absolute atomic E-state index is 0.0860. The molecule has 0 amide bonds. The lowest BCUT2D eigenvalue weighted by molar-refractivity contribution is -0.0938. The number of sulfonamides is 1. The van der Waals surface area contributed by atoms with Gasteiger partial charge in [0.25, 0.3) is 0 Å². The molecule has 2 fully saturated rings. The fourth-order valence-electron chi connectivity index (χ4n) is 3.12. The zero-order valence-corrected chi connectivity index (χ0v) is 16.2. The Kier molecular flexibility index (Phi) is 5.79. The molecule has 0 atom stereocenters. The number of hydrogen-bond donors (Lipinski definition) is 0. The Balaban J connectivity index is 1.75. The van der Waals surface area contributed by atoms with Crippen LogP contribution in [0.25, 0.3) is 0 Å². The minimum Gasteiger partial charge on any atom is -0.465 e. The number of halogens is 1. The smallest absolute Gasteiger partial charge is 0.339 e. The lowest BCUT2D eigenvalue weighted by Gasteiger charge is -2.33. The van der Waals surface area contributed by atoms with Gasteiger partial charge < -0.3 is 14.2 Å². The van der Waals surface area contributed by atoms with Gasteiger partial charge in [-0.3, -0.25) is 0 Å². The Morgan fingerprint density at radius 3 is 2.48 bits per heavy atom. The van der Waals surface area contributed by atoms with Gasteiger partial charge in [0.1, 0.15) is 0 Å². The lowest BCUT2D eigenvalue weighted by Crippen LogP contribution is -2.41. The monoisotopic (exact) mass is 433 g/mol. The molecule has 2 aliphatic rings. The highest BCUT2D eigenvalue weighted by molar-refractivity contribution is 9.10. The molecule has 9 heteroatoms. The average molecular weight is 434 g/mol. The number of methoxy groups -OCH3 is 1. The van der Waals surface area contributed by atoms with Crippen molar-refractivity contribution in [2.45, 2.75) is 24.0 Å². The van der Waals surface area contributed by atoms with Crippen LogP contribution in [0.4, 0.5) is 0 Å². The Hall–Kier alpha value is -1.00. The summed E-state index contributed by atoms with van der Waals surface area (Å²) in [6.07, 6.45) is 1.15. The molecule has 2 saturated heterocycles. The van der Waals surface area contributed by atoms with Crippen molar-refractivity contribution >= 4 is 31.9 Å². The molecule has 0 spiro atoms. The van der Waals surface area contributed by atoms with Crippen LogP contribution in [0.3, 0.4) is 0 Å². The van der Waals surface area contributed by atoms with Crippen LogP contribution in [-0.2, 0) is 24.2 Å². The summed E-state index contributed by atoms with van der Waals surface area (Å²) < 4.78 is 43.4. The molecular formula is C16H20BrNO6S. The summed E-state index contributed by atoms with van der Waals surface area (Å²) in [6, 6.07) is 4.38. The molecule has 2 heterocycles. The zero-order valence-electron chi connectivity index (χ0n) is 13.8. The third kappa shape index (κ3) is 3.90. The van der Waals surface area contributed by atoms with Gasteiger partial charge in [0, 0.05) is 23.5 Å². The van der Waals surface area contributed by atoms with Crippen molar-refractivity contribution in [3.8, 4) is 0 Å². The minimum atomic E-state index is -3.67. The predicted molar refractivity (Wildman–Crippen MR) is 92.7 cm³/mol. The normalized spacial score (nSPS) is 20.7. The van der Waals surface area contributed by atoms with Crippen molar-refractivity contribution in [1.29, 1.82) is 0 Å². The van der Waals surface area contributed by atoms with E-state index in [2.05, 4.69) is 15.9 Å². The van der Waals surface area contributed by atoms with Crippen LogP contribution in [0.5, 0.6) is 0 Å². The van der Waals surface area contributed by atoms with Crippen molar-refractivity contribution in [2.24, 2.45) is 5.92 Å². The van der Waals surface area contributed by atoms with E-state index in [0.717, 1.165) is 0 Å². The van der Waals surface area contributed by atoms with Crippen LogP contribution >= 0.6 is 15.9 Å². The largest absolute Gasteiger partial charge is 0.465 e. The molecule has 1 aromatic carbocycles. The summed E-state index contributed by atoms with van der Waals surface area (Å²) in [5.41, 5.74) is 0.186. The Morgan fingerprint density at radius 2 is 1.88 bits per heavy atom. The van der Waals surface area contributed by atoms with Gasteiger partial charge in [0.15, 0.2) is 6.29 Å². The number of esters is 1. The SMILES string of the molecule is COC(=O)c1cc(S(=O)(=O)N2CCC(C3OCCO3)CC2)ccc1Br. The van der Waals surface area contributed by atoms with Crippen molar-refractivity contribution in [3.05, 3.63) is 28.2 Å². The first-order chi connectivity index (χ1) is 11.9. The standard InChI is InChI=1S/C16H20BrNO6S/c1-22-15(19)13-10-12(2-3-14(13)17)25(20,21)18-6-4-11(5-7-18)16-23-8-9-24-16/h2-3,10-11,16H,4-9H2,1H3. The van der Waals surface area contributed by atoms with Gasteiger partial charge in [-0.1, -0.05) is 0 Å². The highest BCUT2D eigenvalue weighted by Gasteiger charge is 2.35. The molecule has 0 radical (unpaired) electrons. The Labute approximate surface area is 155 Å². The average Bonchev–Trinajstić information content (AvgIpc) is 3.16. The molecule has 3 rings (SSSR count). The van der Waals surface area contributed by atoms with E-state index in [0.29, 0.717) is 43.6 Å². The molecule has 0 aromatic heterocycles. The van der Waals surface area contributed by atoms with Gasteiger partial charge in [-0.25, -0.2) is 13.2 Å². The van der Waals surface area contributed by atoms with Crippen LogP contribution in [0.15, 0.2) is 27.6 Å². The maximum atomic E-state index is 12.9. The van der Waals surface area contributed by atoms with Gasteiger partial charge in [-0.05, 0) is 47.0 Å². The van der Waals surface area contributed by atoms with E-state index >= 15 is 0 Å². The van der Waals surface area contributed by atoms with E-state index < -0.39 is 16.0 Å². The van der Waals surface area contributed by atoms with Crippen molar-refractivity contribution in [1.82, 2.24) is 4.31 Å². The topological polar surface area (TPSA) is 82.1 Å². The van der Waals surface area contributed by atoms with Crippen LogP contribution < -0.4 is 0 Å². The molecule has 0 bridgehead atoms. The Bertz CT molecular complexity index is 739. The molecular weight excluding hydrogens is 414 g/mol. The molecule has 2 aliphatic heterocycles. The Morgan fingerprint density at radius 1 is 1.24 bits per heavy atom. The number of nitrogens with zero attached hydrogens (tertiary/aromatic N) is 1. The van der Waals surface area contributed by atoms with E-state index in [1.165, 1.54) is 23.5 Å². The summed E-state index contributed by atoms with van der Waals surface area (Å²) in [5.74, 6) is -0.373. The van der Waals surface area contributed by atoms with E-state index in [4.69, 9.17) is 14.2 Å². The van der Waals surface area contributed by atoms with Crippen LogP contribution in [0, 0.1) is 5.92 Å². The summed E-state index contributed by atoms with van der Waals surface area (Å²) in [6.45, 7) is 2.00. The summed E-state index contributed by atoms with van der Waals surface area (Å²) in [7, 11) is -2.41. The second kappa shape index (κ2) is 7.71. The molecule has 0 saturated carbocycles. The number of carbonyl (C=O) groups excluding carboxylic acids is 1. The molecule has 0 aliphatic carbocycles. The molecule has 7 nitrogen and oxygen atoms in total. The highest BCUT2D eigenvalue weighted by Crippen LogP contribution is 2.30. The fraction of sp³-hybridized carbons (Fsp3) is 0.562. The summed E-state index contributed by atoms with van der Waals surface area (Å²) in [4.78, 5) is 11.9. The molecule has 0 N–H and O–H groups in total. The number of ether oxygens (including phenoxy) is 3. The van der Waals surface area contributed by atoms with E-state index in [9.17, 15) is 13.2 Å². The first-order valence-electron chi connectivity index (χ1n) is 8.04. The maximum absolute atomic E-state index is 12.9. The van der Waals surface area contributed by atoms with Gasteiger partial charge >= 0.3 is 5.97 Å². The predicted octanol–water partition coefficient (Wildman–Crippen LogP) is 2.01. The van der Waals surface area contributed by atoms with E-state index in [1.807, 2.05) is 0 Å². The van der Waals surface area contributed by atoms with E-state index in [-0.39, 0.29) is 22.7 Å². The molecule has 138 valence electrons. The third-order valence-corrected chi connectivity index (χ3v) is 7.10. The first kappa shape index (κ1) is 18.8. The maximum Gasteiger partial charge on any atom is 0.339 e. The lowest BCUT2D eigenvalue weighted by atomic mass is 9.98. The molecule has 1 aromatic rings. The zero-order chi connectivity index (χ0) is 18.0. The van der Waals surface area contributed by atoms with Gasteiger partial charge in [0.2, 0.25) is 10.0 Å². The van der Waals surface area contributed by atoms with Gasteiger partial charge in [-0.2, -0.15) is 4.31 Å². The number of carbonyl (C=O) groups is 1. The second-order valence-corrected chi connectivity index (χ2v) is 8.78. The quantitative estimate of drug-likeness (QED) is 0.675. The van der Waals surface area contributed by atoms with Gasteiger partial charge in [0.05, 0.1) is 30.8 Å². The number of hydrogen-bond acceptors (Lipinski definition) is 6. The van der Waals surface area contributed by atoms with Crippen LogP contribution in [0.2, 0.25) is 0 Å². The molecule has 0 unspecified atom stereocenters. The number of rotatable bonds is 4. The summed E-state index contributed by atoms with van der Waals surface area (Å²) >= 11 is 3.24. The third-order valence-electron chi connectivity index (χ3n) is 4.51. The second-order valence-electron chi connectivity index (χ2n) is 5.98. The fourth-order valence-corrected chi connectivity index (χ4v) is 5.02. The van der Waals surface area contributed by atoms with Crippen LogP contribution in [0.1, 0.15) is 23.2 Å². The molecule has 25 heavy (non-hydrogen) atoms. The number of piperidine rings is 1. The van der Waals surface area contributed by atoms with Gasteiger partial charge in [-0.15, -0.1) is 0 Å². The van der Waals surface area contributed by atoms with Crippen LogP contribution in [-0.4, -0.2) is 58.4 Å². The van der Waals surface area contributed by atoms with Crippen molar-refractivity contribution < 1.29 is 27.4 Å². The first-order valence-corrected chi connectivity index (χ1v) is 10.3.